The number of hydrogen-bond donors (Lipinski definition) is 0. The Morgan fingerprint density at radius 2 is 2.00 bits per heavy atom. The Labute approximate surface area is 110 Å². The number of aryl methyl sites for hydroxylation is 1. The van der Waals surface area contributed by atoms with Crippen molar-refractivity contribution in [2.75, 3.05) is 6.61 Å². The van der Waals surface area contributed by atoms with Crippen molar-refractivity contribution in [2.45, 2.75) is 39.5 Å². The summed E-state index contributed by atoms with van der Waals surface area (Å²) in [6, 6.07) is 8.20. The lowest BCUT2D eigenvalue weighted by molar-refractivity contribution is -0.137. The molecule has 18 heavy (non-hydrogen) atoms. The highest BCUT2D eigenvalue weighted by atomic mass is 16.5. The van der Waals surface area contributed by atoms with Crippen molar-refractivity contribution in [3.8, 4) is 0 Å². The molecule has 0 unspecified atom stereocenters. The van der Waals surface area contributed by atoms with E-state index in [1.807, 2.05) is 31.2 Å². The summed E-state index contributed by atoms with van der Waals surface area (Å²) in [5, 5.41) is 0. The summed E-state index contributed by atoms with van der Waals surface area (Å²) >= 11 is 0. The standard InChI is InChI=1S/C16H22O2/c1-3-5-6-9-14-10-7-8-11-15(14)12-13-16(17)18-4-2/h7-8,10-13H,3-6,9H2,1-2H3/b13-12+. The fourth-order valence-electron chi connectivity index (χ4n) is 1.84. The summed E-state index contributed by atoms with van der Waals surface area (Å²) in [4.78, 5) is 11.3. The van der Waals surface area contributed by atoms with E-state index in [4.69, 9.17) is 4.74 Å². The largest absolute Gasteiger partial charge is 0.463 e. The van der Waals surface area contributed by atoms with Gasteiger partial charge in [0.1, 0.15) is 0 Å². The summed E-state index contributed by atoms with van der Waals surface area (Å²) in [7, 11) is 0. The van der Waals surface area contributed by atoms with Crippen LogP contribution in [-0.2, 0) is 16.0 Å². The van der Waals surface area contributed by atoms with Gasteiger partial charge in [-0.15, -0.1) is 0 Å². The molecule has 0 aliphatic carbocycles. The number of rotatable bonds is 7. The summed E-state index contributed by atoms with van der Waals surface area (Å²) < 4.78 is 4.88. The van der Waals surface area contributed by atoms with Crippen molar-refractivity contribution in [1.82, 2.24) is 0 Å². The molecular formula is C16H22O2. The fourth-order valence-corrected chi connectivity index (χ4v) is 1.84. The first-order valence-corrected chi connectivity index (χ1v) is 6.70. The predicted octanol–water partition coefficient (Wildman–Crippen LogP) is 4.00. The molecule has 98 valence electrons. The van der Waals surface area contributed by atoms with Gasteiger partial charge in [-0.1, -0.05) is 44.0 Å². The SMILES string of the molecule is CCCCCc1ccccc1/C=C/C(=O)OCC. The topological polar surface area (TPSA) is 26.3 Å². The second kappa shape index (κ2) is 8.51. The summed E-state index contributed by atoms with van der Waals surface area (Å²) in [6.45, 7) is 4.43. The lowest BCUT2D eigenvalue weighted by Crippen LogP contribution is -1.99. The Hall–Kier alpha value is -1.57. The first-order valence-electron chi connectivity index (χ1n) is 6.70. The van der Waals surface area contributed by atoms with Crippen LogP contribution in [0, 0.1) is 0 Å². The minimum atomic E-state index is -0.277. The molecule has 0 fully saturated rings. The Bertz CT molecular complexity index is 394. The minimum Gasteiger partial charge on any atom is -0.463 e. The van der Waals surface area contributed by atoms with E-state index in [0.717, 1.165) is 12.0 Å². The molecule has 0 aliphatic rings. The zero-order valence-electron chi connectivity index (χ0n) is 11.3. The van der Waals surface area contributed by atoms with E-state index in [9.17, 15) is 4.79 Å². The molecule has 1 aromatic carbocycles. The molecule has 0 amide bonds. The maximum absolute atomic E-state index is 11.3. The average molecular weight is 246 g/mol. The van der Waals surface area contributed by atoms with Crippen molar-refractivity contribution < 1.29 is 9.53 Å². The molecule has 1 rings (SSSR count). The van der Waals surface area contributed by atoms with E-state index in [1.54, 1.807) is 0 Å². The Balaban J connectivity index is 2.66. The number of carbonyl (C=O) groups excluding carboxylic acids is 1. The van der Waals surface area contributed by atoms with E-state index in [-0.39, 0.29) is 5.97 Å². The Kier molecular flexibility index (Phi) is 6.85. The first-order chi connectivity index (χ1) is 8.77. The van der Waals surface area contributed by atoms with Crippen LogP contribution in [0.1, 0.15) is 44.2 Å². The van der Waals surface area contributed by atoms with Gasteiger partial charge in [-0.25, -0.2) is 4.79 Å². The van der Waals surface area contributed by atoms with Crippen LogP contribution in [0.25, 0.3) is 6.08 Å². The van der Waals surface area contributed by atoms with E-state index in [0.29, 0.717) is 6.61 Å². The van der Waals surface area contributed by atoms with Crippen LogP contribution < -0.4 is 0 Å². The molecule has 2 nitrogen and oxygen atoms in total. The third kappa shape index (κ3) is 5.17. The lowest BCUT2D eigenvalue weighted by atomic mass is 10.0. The third-order valence-electron chi connectivity index (χ3n) is 2.79. The summed E-state index contributed by atoms with van der Waals surface area (Å²) in [5.41, 5.74) is 2.41. The van der Waals surface area contributed by atoms with Gasteiger partial charge in [0, 0.05) is 6.08 Å². The zero-order chi connectivity index (χ0) is 13.2. The normalized spacial score (nSPS) is 10.8. The highest BCUT2D eigenvalue weighted by Gasteiger charge is 2.00. The predicted molar refractivity (Wildman–Crippen MR) is 75.3 cm³/mol. The quantitative estimate of drug-likeness (QED) is 0.413. The number of ether oxygens (including phenoxy) is 1. The molecule has 0 spiro atoms. The number of unbranched alkanes of at least 4 members (excludes halogenated alkanes) is 2. The molecule has 2 heteroatoms. The molecule has 0 heterocycles. The zero-order valence-corrected chi connectivity index (χ0v) is 11.3. The van der Waals surface area contributed by atoms with Crippen molar-refractivity contribution in [3.05, 3.63) is 41.5 Å². The highest BCUT2D eigenvalue weighted by molar-refractivity contribution is 5.87. The molecule has 0 bridgehead atoms. The van der Waals surface area contributed by atoms with Crippen LogP contribution >= 0.6 is 0 Å². The van der Waals surface area contributed by atoms with E-state index < -0.39 is 0 Å². The van der Waals surface area contributed by atoms with Gasteiger partial charge < -0.3 is 4.74 Å². The second-order valence-electron chi connectivity index (χ2n) is 4.24. The van der Waals surface area contributed by atoms with Gasteiger partial charge in [-0.2, -0.15) is 0 Å². The van der Waals surface area contributed by atoms with Crippen LogP contribution in [0.2, 0.25) is 0 Å². The van der Waals surface area contributed by atoms with E-state index in [2.05, 4.69) is 13.0 Å². The van der Waals surface area contributed by atoms with Gasteiger partial charge >= 0.3 is 5.97 Å². The third-order valence-corrected chi connectivity index (χ3v) is 2.79. The molecule has 0 aromatic heterocycles. The summed E-state index contributed by atoms with van der Waals surface area (Å²) in [6.07, 6.45) is 8.08. The van der Waals surface area contributed by atoms with Gasteiger partial charge in [0.05, 0.1) is 6.61 Å². The van der Waals surface area contributed by atoms with Crippen molar-refractivity contribution in [2.24, 2.45) is 0 Å². The van der Waals surface area contributed by atoms with Gasteiger partial charge in [0.15, 0.2) is 0 Å². The highest BCUT2D eigenvalue weighted by Crippen LogP contribution is 2.14. The van der Waals surface area contributed by atoms with Gasteiger partial charge in [0.2, 0.25) is 0 Å². The maximum Gasteiger partial charge on any atom is 0.330 e. The minimum absolute atomic E-state index is 0.277. The maximum atomic E-state index is 11.3. The molecular weight excluding hydrogens is 224 g/mol. The number of carbonyl (C=O) groups is 1. The lowest BCUT2D eigenvalue weighted by Gasteiger charge is -2.05. The van der Waals surface area contributed by atoms with Crippen LogP contribution in [0.5, 0.6) is 0 Å². The second-order valence-corrected chi connectivity index (χ2v) is 4.24. The van der Waals surface area contributed by atoms with E-state index >= 15 is 0 Å². The van der Waals surface area contributed by atoms with Crippen LogP contribution in [-0.4, -0.2) is 12.6 Å². The van der Waals surface area contributed by atoms with Crippen LogP contribution in [0.3, 0.4) is 0 Å². The van der Waals surface area contributed by atoms with Crippen molar-refractivity contribution in [1.29, 1.82) is 0 Å². The monoisotopic (exact) mass is 246 g/mol. The molecule has 0 saturated carbocycles. The van der Waals surface area contributed by atoms with Crippen molar-refractivity contribution >= 4 is 12.0 Å². The fraction of sp³-hybridized carbons (Fsp3) is 0.438. The Morgan fingerprint density at radius 1 is 1.22 bits per heavy atom. The smallest absolute Gasteiger partial charge is 0.330 e. The van der Waals surface area contributed by atoms with Crippen LogP contribution in [0.4, 0.5) is 0 Å². The molecule has 0 radical (unpaired) electrons. The number of hydrogen-bond acceptors (Lipinski definition) is 2. The molecule has 0 atom stereocenters. The van der Waals surface area contributed by atoms with Gasteiger partial charge in [-0.3, -0.25) is 0 Å². The molecule has 1 aromatic rings. The van der Waals surface area contributed by atoms with Gasteiger partial charge in [0.25, 0.3) is 0 Å². The molecule has 0 saturated heterocycles. The number of esters is 1. The van der Waals surface area contributed by atoms with Crippen LogP contribution in [0.15, 0.2) is 30.3 Å². The first kappa shape index (κ1) is 14.5. The van der Waals surface area contributed by atoms with Gasteiger partial charge in [-0.05, 0) is 37.0 Å². The average Bonchev–Trinajstić information content (AvgIpc) is 2.38. The molecule has 0 N–H and O–H groups in total. The summed E-state index contributed by atoms with van der Waals surface area (Å²) in [5.74, 6) is -0.277. The number of benzene rings is 1. The van der Waals surface area contributed by atoms with E-state index in [1.165, 1.54) is 30.9 Å². The molecule has 0 aliphatic heterocycles. The Morgan fingerprint density at radius 3 is 2.72 bits per heavy atom. The van der Waals surface area contributed by atoms with Crippen molar-refractivity contribution in [3.63, 3.8) is 0 Å².